The van der Waals surface area contributed by atoms with Gasteiger partial charge in [-0.15, -0.1) is 0 Å². The van der Waals surface area contributed by atoms with Gasteiger partial charge in [0.2, 0.25) is 0 Å². The molecule has 0 aromatic carbocycles. The Morgan fingerprint density at radius 1 is 0.333 bits per heavy atom. The van der Waals surface area contributed by atoms with Crippen molar-refractivity contribution >= 4 is 0 Å². The third kappa shape index (κ3) is 45.8. The van der Waals surface area contributed by atoms with E-state index in [1.807, 2.05) is 0 Å². The van der Waals surface area contributed by atoms with Crippen LogP contribution in [0.5, 0.6) is 0 Å². The Kier molecular flexibility index (Phi) is 36.3. The largest absolute Gasteiger partial charge is 0.381 e. The van der Waals surface area contributed by atoms with E-state index >= 15 is 0 Å². The molecule has 0 aromatic rings. The fourth-order valence-electron chi connectivity index (χ4n) is 10.6. The monoisotopic (exact) mass is 1210 g/mol. The van der Waals surface area contributed by atoms with Crippen LogP contribution in [0.25, 0.3) is 0 Å². The van der Waals surface area contributed by atoms with Crippen molar-refractivity contribution in [1.82, 2.24) is 29.4 Å². The predicted molar refractivity (Wildman–Crippen MR) is 377 cm³/mol. The van der Waals surface area contributed by atoms with Crippen LogP contribution < -0.4 is 0 Å². The van der Waals surface area contributed by atoms with Gasteiger partial charge in [-0.2, -0.15) is 0 Å². The second kappa shape index (κ2) is 39.4. The summed E-state index contributed by atoms with van der Waals surface area (Å²) in [5.74, 6) is 41.1. The van der Waals surface area contributed by atoms with Crippen LogP contribution in [0.4, 0.5) is 4.39 Å². The number of halogens is 1. The molecule has 0 amide bonds. The highest BCUT2D eigenvalue weighted by molar-refractivity contribution is 5.13. The van der Waals surface area contributed by atoms with Crippen molar-refractivity contribution in [3.05, 3.63) is 0 Å². The average molecular weight is 1210 g/mol. The van der Waals surface area contributed by atoms with Crippen LogP contribution in [0.3, 0.4) is 0 Å². The number of rotatable bonds is 7. The fourth-order valence-corrected chi connectivity index (χ4v) is 10.6. The number of ether oxygens (including phenoxy) is 1. The molecule has 7 nitrogen and oxygen atoms in total. The Morgan fingerprint density at radius 2 is 0.563 bits per heavy atom. The summed E-state index contributed by atoms with van der Waals surface area (Å²) in [6, 6.07) is 0. The summed E-state index contributed by atoms with van der Waals surface area (Å²) < 4.78 is 18.8. The Labute approximate surface area is 541 Å². The zero-order valence-electron chi connectivity index (χ0n) is 61.2. The van der Waals surface area contributed by atoms with Crippen LogP contribution in [-0.2, 0) is 4.74 Å². The molecule has 7 aliphatic rings. The maximum absolute atomic E-state index is 13.5. The average Bonchev–Trinajstić information content (AvgIpc) is 1.82. The number of alkyl halides is 1. The first kappa shape index (κ1) is 80.1. The summed E-state index contributed by atoms with van der Waals surface area (Å²) in [7, 11) is 1.81. The van der Waals surface area contributed by atoms with Crippen molar-refractivity contribution in [2.45, 2.75) is 260 Å². The van der Waals surface area contributed by atoms with E-state index in [4.69, 9.17) is 4.74 Å². The molecule has 0 unspecified atom stereocenters. The number of hydrogen-bond donors (Lipinski definition) is 0. The van der Waals surface area contributed by atoms with Crippen LogP contribution in [0.15, 0.2) is 0 Å². The zero-order valence-corrected chi connectivity index (χ0v) is 61.2. The normalized spacial score (nSPS) is 21.1. The van der Waals surface area contributed by atoms with Crippen LogP contribution in [0.2, 0.25) is 0 Å². The molecule has 1 saturated carbocycles. The van der Waals surface area contributed by atoms with Gasteiger partial charge in [0, 0.05) is 65.8 Å². The van der Waals surface area contributed by atoms with Crippen molar-refractivity contribution in [3.8, 4) is 71.0 Å². The SMILES string of the molecule is CC(C)(C)C#CCN1CCC(C)(F)CC1.CC(C)(C)C#CCN1CCC2(CC1)CC2.CC(C)(C)C#CCN1CCCCCC1.CC1CCN(CC#CC(C)(C)C)CC1.CC1CCN(CC#CC(C)(C)C)CC1.COC1CCN(CC#CC(C)(C)C)CC1. The molecular formula is C79H137FN6O. The molecule has 1 aliphatic carbocycles. The molecule has 8 heteroatoms. The van der Waals surface area contributed by atoms with E-state index in [-0.39, 0.29) is 32.5 Å². The number of likely N-dealkylation sites (tertiary alicyclic amines) is 6. The minimum atomic E-state index is -0.950. The number of methoxy groups -OCH3 is 1. The molecule has 1 spiro atoms. The van der Waals surface area contributed by atoms with Gasteiger partial charge in [0.25, 0.3) is 0 Å². The lowest BCUT2D eigenvalue weighted by molar-refractivity contribution is 0.0450. The summed E-state index contributed by atoms with van der Waals surface area (Å²) in [5.41, 5.74) is 0.683. The van der Waals surface area contributed by atoms with Crippen molar-refractivity contribution in [2.24, 2.45) is 49.7 Å². The summed E-state index contributed by atoms with van der Waals surface area (Å²) >= 11 is 0. The maximum atomic E-state index is 13.5. The third-order valence-corrected chi connectivity index (χ3v) is 16.7. The van der Waals surface area contributed by atoms with Gasteiger partial charge in [0.05, 0.1) is 45.4 Å². The highest BCUT2D eigenvalue weighted by Crippen LogP contribution is 2.53. The Morgan fingerprint density at radius 3 is 0.805 bits per heavy atom. The number of hydrogen-bond acceptors (Lipinski definition) is 7. The Bertz CT molecular complexity index is 2160. The lowest BCUT2D eigenvalue weighted by Crippen LogP contribution is -2.40. The van der Waals surface area contributed by atoms with E-state index in [0.717, 1.165) is 95.5 Å². The van der Waals surface area contributed by atoms with Crippen molar-refractivity contribution < 1.29 is 9.13 Å². The molecule has 6 aliphatic heterocycles. The van der Waals surface area contributed by atoms with Crippen LogP contribution >= 0.6 is 0 Å². The highest BCUT2D eigenvalue weighted by Gasteiger charge is 2.44. The molecule has 0 N–H and O–H groups in total. The Balaban J connectivity index is 0.000000356. The smallest absolute Gasteiger partial charge is 0.110 e. The molecule has 6 saturated heterocycles. The lowest BCUT2D eigenvalue weighted by Gasteiger charge is -2.32. The molecule has 6 heterocycles. The summed E-state index contributed by atoms with van der Waals surface area (Å²) in [4.78, 5) is 14.6. The maximum Gasteiger partial charge on any atom is 0.110 e. The predicted octanol–water partition coefficient (Wildman–Crippen LogP) is 16.4. The van der Waals surface area contributed by atoms with E-state index in [2.05, 4.69) is 239 Å². The number of nitrogens with zero attached hydrogens (tertiary/aromatic N) is 6. The van der Waals surface area contributed by atoms with Crippen molar-refractivity contribution in [3.63, 3.8) is 0 Å². The summed E-state index contributed by atoms with van der Waals surface area (Å²) in [6.07, 6.45) is 20.8. The molecule has 496 valence electrons. The molecule has 0 radical (unpaired) electrons. The quantitative estimate of drug-likeness (QED) is 0.235. The third-order valence-electron chi connectivity index (χ3n) is 16.7. The van der Waals surface area contributed by atoms with Crippen molar-refractivity contribution in [1.29, 1.82) is 0 Å². The Hall–Kier alpha value is -2.99. The standard InChI is InChI=1S/C14H23N.C13H22FN.C13H23NO.3C13H23N/c1-13(2,3)5-4-10-15-11-8-14(6-7-14)9-12-15;1-12(2,3)6-5-9-15-10-7-13(4,14)8-11-15;1-13(2,3)8-5-9-14-10-6-12(15-4)7-11-14;2*1-12-6-10-14(11-7-12)9-5-8-13(2,3)4;1-13(2,3)9-8-12-14-10-6-4-5-7-11-14/h6-12H2,1-3H3;7-11H2,1-4H3;12H,6-7,9-11H2,1-4H3;2*12H,6-7,9-11H2,1-4H3;4-7,10-12H2,1-3H3. The van der Waals surface area contributed by atoms with Gasteiger partial charge in [-0.05, 0) is 291 Å². The van der Waals surface area contributed by atoms with Gasteiger partial charge in [0.15, 0.2) is 0 Å². The highest BCUT2D eigenvalue weighted by atomic mass is 19.1. The molecule has 0 aromatic heterocycles. The summed E-state index contributed by atoms with van der Waals surface area (Å²) in [5, 5.41) is 0. The van der Waals surface area contributed by atoms with Gasteiger partial charge < -0.3 is 4.74 Å². The molecule has 0 bridgehead atoms. The van der Waals surface area contributed by atoms with Crippen LogP contribution in [0.1, 0.15) is 248 Å². The van der Waals surface area contributed by atoms with Gasteiger partial charge in [-0.3, -0.25) is 29.4 Å². The van der Waals surface area contributed by atoms with E-state index in [9.17, 15) is 4.39 Å². The van der Waals surface area contributed by atoms with Gasteiger partial charge in [-0.1, -0.05) is 97.7 Å². The molecular weight excluding hydrogens is 1070 g/mol. The van der Waals surface area contributed by atoms with Crippen LogP contribution in [0, 0.1) is 121 Å². The number of piperidine rings is 5. The van der Waals surface area contributed by atoms with E-state index < -0.39 is 5.67 Å². The molecule has 7 rings (SSSR count). The lowest BCUT2D eigenvalue weighted by atomic mass is 9.93. The van der Waals surface area contributed by atoms with E-state index in [0.29, 0.717) is 18.9 Å². The first-order chi connectivity index (χ1) is 40.3. The summed E-state index contributed by atoms with van der Waals surface area (Å²) in [6.45, 7) is 64.7. The second-order valence-corrected chi connectivity index (χ2v) is 33.6. The van der Waals surface area contributed by atoms with E-state index in [1.54, 1.807) is 14.0 Å². The molecule has 0 atom stereocenters. The molecule has 87 heavy (non-hydrogen) atoms. The minimum absolute atomic E-state index is 0.0738. The van der Waals surface area contributed by atoms with Gasteiger partial charge in [-0.25, -0.2) is 4.39 Å². The fraction of sp³-hybridized carbons (Fsp3) is 0.848. The first-order valence-electron chi connectivity index (χ1n) is 34.9. The zero-order chi connectivity index (χ0) is 65.4. The van der Waals surface area contributed by atoms with Crippen molar-refractivity contribution in [2.75, 3.05) is 125 Å². The minimum Gasteiger partial charge on any atom is -0.381 e. The topological polar surface area (TPSA) is 28.7 Å². The van der Waals surface area contributed by atoms with Crippen LogP contribution in [-0.4, -0.2) is 166 Å². The van der Waals surface area contributed by atoms with E-state index in [1.165, 1.54) is 129 Å². The van der Waals surface area contributed by atoms with Gasteiger partial charge >= 0.3 is 0 Å². The second-order valence-electron chi connectivity index (χ2n) is 33.6. The first-order valence-corrected chi connectivity index (χ1v) is 34.9. The molecule has 7 fully saturated rings. The van der Waals surface area contributed by atoms with Gasteiger partial charge in [0.1, 0.15) is 5.67 Å².